The van der Waals surface area contributed by atoms with Gasteiger partial charge in [0.2, 0.25) is 0 Å². The van der Waals surface area contributed by atoms with Crippen LogP contribution in [0.5, 0.6) is 0 Å². The predicted molar refractivity (Wildman–Crippen MR) is 90.7 cm³/mol. The Bertz CT molecular complexity index is 400. The SMILES string of the molecule is CCOC(=O)/C(=C\N(C)C)CCC/C(=C\N(C)C)C(=O)OCC. The molecule has 0 aliphatic carbocycles. The van der Waals surface area contributed by atoms with Gasteiger partial charge in [0.05, 0.1) is 24.4 Å². The molecule has 0 bridgehead atoms. The highest BCUT2D eigenvalue weighted by Crippen LogP contribution is 2.16. The zero-order valence-electron chi connectivity index (χ0n) is 15.2. The van der Waals surface area contributed by atoms with E-state index in [1.807, 2.05) is 38.0 Å². The van der Waals surface area contributed by atoms with E-state index in [1.165, 1.54) is 0 Å². The van der Waals surface area contributed by atoms with Crippen molar-refractivity contribution in [1.29, 1.82) is 0 Å². The number of hydrogen-bond donors (Lipinski definition) is 0. The number of carbonyl (C=O) groups excluding carboxylic acids is 2. The Morgan fingerprint density at radius 3 is 1.39 bits per heavy atom. The van der Waals surface area contributed by atoms with E-state index in [-0.39, 0.29) is 11.9 Å². The van der Waals surface area contributed by atoms with Gasteiger partial charge in [-0.15, -0.1) is 0 Å². The monoisotopic (exact) mass is 326 g/mol. The van der Waals surface area contributed by atoms with E-state index in [4.69, 9.17) is 9.47 Å². The Kier molecular flexibility index (Phi) is 10.6. The first-order chi connectivity index (χ1) is 10.8. The van der Waals surface area contributed by atoms with Crippen LogP contribution in [0.3, 0.4) is 0 Å². The summed E-state index contributed by atoms with van der Waals surface area (Å²) in [4.78, 5) is 27.5. The van der Waals surface area contributed by atoms with Crippen LogP contribution in [-0.4, -0.2) is 63.1 Å². The molecule has 0 rings (SSSR count). The molecular weight excluding hydrogens is 296 g/mol. The molecule has 0 saturated heterocycles. The van der Waals surface area contributed by atoms with Crippen molar-refractivity contribution >= 4 is 11.9 Å². The van der Waals surface area contributed by atoms with Crippen LogP contribution < -0.4 is 0 Å². The van der Waals surface area contributed by atoms with E-state index >= 15 is 0 Å². The number of rotatable bonds is 10. The molecule has 0 aliphatic heterocycles. The van der Waals surface area contributed by atoms with Crippen LogP contribution >= 0.6 is 0 Å². The fourth-order valence-electron chi connectivity index (χ4n) is 1.98. The van der Waals surface area contributed by atoms with Crippen molar-refractivity contribution in [2.75, 3.05) is 41.4 Å². The third kappa shape index (κ3) is 9.60. The summed E-state index contributed by atoms with van der Waals surface area (Å²) in [6.45, 7) is 4.25. The molecule has 132 valence electrons. The van der Waals surface area contributed by atoms with Gasteiger partial charge in [-0.1, -0.05) is 0 Å². The second kappa shape index (κ2) is 11.6. The van der Waals surface area contributed by atoms with Crippen LogP contribution in [0.4, 0.5) is 0 Å². The maximum atomic E-state index is 11.9. The van der Waals surface area contributed by atoms with E-state index in [2.05, 4.69) is 0 Å². The highest BCUT2D eigenvalue weighted by atomic mass is 16.5. The molecule has 0 aliphatic rings. The van der Waals surface area contributed by atoms with Crippen LogP contribution in [-0.2, 0) is 19.1 Å². The number of carbonyl (C=O) groups is 2. The van der Waals surface area contributed by atoms with Crippen molar-refractivity contribution in [3.05, 3.63) is 23.5 Å². The maximum Gasteiger partial charge on any atom is 0.335 e. The third-order valence-electron chi connectivity index (χ3n) is 2.80. The first-order valence-corrected chi connectivity index (χ1v) is 7.90. The van der Waals surface area contributed by atoms with Crippen molar-refractivity contribution in [2.45, 2.75) is 33.1 Å². The zero-order chi connectivity index (χ0) is 17.8. The molecule has 6 nitrogen and oxygen atoms in total. The predicted octanol–water partition coefficient (Wildman–Crippen LogP) is 2.17. The van der Waals surface area contributed by atoms with Gasteiger partial charge in [-0.05, 0) is 33.1 Å². The molecule has 0 saturated carbocycles. The summed E-state index contributed by atoms with van der Waals surface area (Å²) in [5, 5.41) is 0. The summed E-state index contributed by atoms with van der Waals surface area (Å²) in [7, 11) is 7.43. The Hall–Kier alpha value is -1.98. The number of ether oxygens (including phenoxy) is 2. The van der Waals surface area contributed by atoms with E-state index in [0.717, 1.165) is 0 Å². The van der Waals surface area contributed by atoms with Gasteiger partial charge in [-0.3, -0.25) is 0 Å². The molecule has 0 spiro atoms. The Morgan fingerprint density at radius 2 is 1.13 bits per heavy atom. The molecule has 0 aromatic rings. The Labute approximate surface area is 139 Å². The highest BCUT2D eigenvalue weighted by molar-refractivity contribution is 5.89. The van der Waals surface area contributed by atoms with Crippen molar-refractivity contribution in [3.63, 3.8) is 0 Å². The topological polar surface area (TPSA) is 59.1 Å². The smallest absolute Gasteiger partial charge is 0.335 e. The van der Waals surface area contributed by atoms with Gasteiger partial charge in [0, 0.05) is 40.6 Å². The van der Waals surface area contributed by atoms with Crippen LogP contribution in [0.15, 0.2) is 23.5 Å². The average Bonchev–Trinajstić information content (AvgIpc) is 2.44. The molecule has 6 heteroatoms. The standard InChI is InChI=1S/C17H30N2O4/c1-7-22-16(20)14(12-18(3)4)10-9-11-15(13-19(5)6)17(21)23-8-2/h12-13H,7-11H2,1-6H3/b14-12-,15-13+. The summed E-state index contributed by atoms with van der Waals surface area (Å²) in [6, 6.07) is 0. The van der Waals surface area contributed by atoms with Crippen molar-refractivity contribution in [3.8, 4) is 0 Å². The van der Waals surface area contributed by atoms with Gasteiger partial charge in [-0.25, -0.2) is 9.59 Å². The van der Waals surface area contributed by atoms with Gasteiger partial charge < -0.3 is 19.3 Å². The van der Waals surface area contributed by atoms with Crippen molar-refractivity contribution < 1.29 is 19.1 Å². The molecule has 0 N–H and O–H groups in total. The lowest BCUT2D eigenvalue weighted by molar-refractivity contribution is -0.139. The fourth-order valence-corrected chi connectivity index (χ4v) is 1.98. The average molecular weight is 326 g/mol. The van der Waals surface area contributed by atoms with Crippen molar-refractivity contribution in [2.24, 2.45) is 0 Å². The second-order valence-electron chi connectivity index (χ2n) is 5.53. The van der Waals surface area contributed by atoms with E-state index in [9.17, 15) is 9.59 Å². The molecule has 0 unspecified atom stereocenters. The molecular formula is C17H30N2O4. The highest BCUT2D eigenvalue weighted by Gasteiger charge is 2.14. The minimum Gasteiger partial charge on any atom is -0.463 e. The van der Waals surface area contributed by atoms with Gasteiger partial charge in [0.1, 0.15) is 0 Å². The maximum absolute atomic E-state index is 11.9. The number of hydrogen-bond acceptors (Lipinski definition) is 6. The van der Waals surface area contributed by atoms with Crippen LogP contribution in [0, 0.1) is 0 Å². The summed E-state index contributed by atoms with van der Waals surface area (Å²) in [6.07, 6.45) is 5.27. The second-order valence-corrected chi connectivity index (χ2v) is 5.53. The molecule has 0 heterocycles. The third-order valence-corrected chi connectivity index (χ3v) is 2.80. The van der Waals surface area contributed by atoms with Gasteiger partial charge >= 0.3 is 11.9 Å². The minimum absolute atomic E-state index is 0.310. The lowest BCUT2D eigenvalue weighted by Crippen LogP contribution is -2.14. The normalized spacial score (nSPS) is 11.9. The lowest BCUT2D eigenvalue weighted by Gasteiger charge is -2.13. The molecule has 23 heavy (non-hydrogen) atoms. The number of nitrogens with zero attached hydrogens (tertiary/aromatic N) is 2. The summed E-state index contributed by atoms with van der Waals surface area (Å²) >= 11 is 0. The van der Waals surface area contributed by atoms with Gasteiger partial charge in [-0.2, -0.15) is 0 Å². The summed E-state index contributed by atoms with van der Waals surface area (Å²) in [5.74, 6) is -0.619. The van der Waals surface area contributed by atoms with E-state index in [0.29, 0.717) is 43.6 Å². The molecule has 0 fully saturated rings. The van der Waals surface area contributed by atoms with E-state index < -0.39 is 0 Å². The first-order valence-electron chi connectivity index (χ1n) is 7.90. The van der Waals surface area contributed by atoms with E-state index in [1.54, 1.807) is 26.2 Å². The quantitative estimate of drug-likeness (QED) is 0.453. The van der Waals surface area contributed by atoms with Crippen LogP contribution in [0.25, 0.3) is 0 Å². The molecule has 0 aromatic carbocycles. The molecule has 0 atom stereocenters. The van der Waals surface area contributed by atoms with Gasteiger partial charge in [0.25, 0.3) is 0 Å². The fraction of sp³-hybridized carbons (Fsp3) is 0.647. The molecule has 0 aromatic heterocycles. The lowest BCUT2D eigenvalue weighted by atomic mass is 10.1. The molecule has 0 amide bonds. The van der Waals surface area contributed by atoms with Crippen molar-refractivity contribution in [1.82, 2.24) is 9.80 Å². The summed E-state index contributed by atoms with van der Waals surface area (Å²) < 4.78 is 10.1. The Balaban J connectivity index is 4.82. The first kappa shape index (κ1) is 21.0. The largest absolute Gasteiger partial charge is 0.463 e. The molecule has 0 radical (unpaired) electrons. The van der Waals surface area contributed by atoms with Gasteiger partial charge in [0.15, 0.2) is 0 Å². The van der Waals surface area contributed by atoms with Crippen LogP contribution in [0.1, 0.15) is 33.1 Å². The van der Waals surface area contributed by atoms with Crippen LogP contribution in [0.2, 0.25) is 0 Å². The number of esters is 2. The summed E-state index contributed by atoms with van der Waals surface area (Å²) in [5.41, 5.74) is 1.20. The Morgan fingerprint density at radius 1 is 0.783 bits per heavy atom. The zero-order valence-corrected chi connectivity index (χ0v) is 15.2. The minimum atomic E-state index is -0.310.